The van der Waals surface area contributed by atoms with Gasteiger partial charge in [-0.3, -0.25) is 14.4 Å². The predicted octanol–water partition coefficient (Wildman–Crippen LogP) is 2.63. The largest absolute Gasteiger partial charge is 0.396 e. The summed E-state index contributed by atoms with van der Waals surface area (Å²) < 4.78 is 1.41. The van der Waals surface area contributed by atoms with E-state index < -0.39 is 11.5 Å². The molecule has 1 aliphatic carbocycles. The Morgan fingerprint density at radius 3 is 2.55 bits per heavy atom. The Morgan fingerprint density at radius 1 is 1.30 bits per heavy atom. The molecule has 0 saturated heterocycles. The zero-order valence-electron chi connectivity index (χ0n) is 20.1. The molecular formula is C26H35N3O4. The summed E-state index contributed by atoms with van der Waals surface area (Å²) in [6.07, 6.45) is 7.45. The second-order valence-electron chi connectivity index (χ2n) is 8.64. The van der Waals surface area contributed by atoms with Gasteiger partial charge in [0.05, 0.1) is 6.54 Å². The zero-order chi connectivity index (χ0) is 24.5. The summed E-state index contributed by atoms with van der Waals surface area (Å²) in [4.78, 5) is 35.9. The van der Waals surface area contributed by atoms with E-state index >= 15 is 0 Å². The first kappa shape index (κ1) is 26.2. The number of allylic oxidation sites excluding steroid dienone is 1. The second kappa shape index (κ2) is 12.3. The van der Waals surface area contributed by atoms with Crippen molar-refractivity contribution in [3.05, 3.63) is 74.7 Å². The van der Waals surface area contributed by atoms with E-state index in [9.17, 15) is 14.4 Å². The lowest BCUT2D eigenvalue weighted by Crippen LogP contribution is -2.32. The van der Waals surface area contributed by atoms with Crippen molar-refractivity contribution in [2.45, 2.75) is 39.8 Å². The molecule has 2 atom stereocenters. The van der Waals surface area contributed by atoms with Crippen molar-refractivity contribution >= 4 is 18.3 Å². The van der Waals surface area contributed by atoms with Gasteiger partial charge in [-0.25, -0.2) is 0 Å². The zero-order valence-corrected chi connectivity index (χ0v) is 20.1. The molecule has 1 aromatic heterocycles. The van der Waals surface area contributed by atoms with Crippen molar-refractivity contribution in [1.82, 2.24) is 15.2 Å². The number of hydrogen-bond donors (Lipinski definition) is 3. The van der Waals surface area contributed by atoms with Crippen LogP contribution >= 0.6 is 0 Å². The Hall–Kier alpha value is -3.03. The molecule has 178 valence electrons. The van der Waals surface area contributed by atoms with Gasteiger partial charge in [-0.1, -0.05) is 44.2 Å². The molecule has 7 heteroatoms. The third-order valence-corrected chi connectivity index (χ3v) is 5.65. The van der Waals surface area contributed by atoms with Crippen LogP contribution in [0.1, 0.15) is 57.7 Å². The molecule has 7 nitrogen and oxygen atoms in total. The third kappa shape index (κ3) is 7.23. The van der Waals surface area contributed by atoms with Gasteiger partial charge in [0.15, 0.2) is 6.29 Å². The highest BCUT2D eigenvalue weighted by Crippen LogP contribution is 2.28. The van der Waals surface area contributed by atoms with Gasteiger partial charge in [0.2, 0.25) is 0 Å². The molecule has 1 saturated carbocycles. The molecule has 1 fully saturated rings. The molecule has 2 aromatic rings. The van der Waals surface area contributed by atoms with Crippen molar-refractivity contribution in [3.63, 3.8) is 0 Å². The maximum absolute atomic E-state index is 12.7. The minimum atomic E-state index is -0.503. The minimum Gasteiger partial charge on any atom is -0.396 e. The van der Waals surface area contributed by atoms with Crippen LogP contribution in [0.4, 0.5) is 0 Å². The second-order valence-corrected chi connectivity index (χ2v) is 8.64. The Kier molecular flexibility index (Phi) is 9.75. The summed E-state index contributed by atoms with van der Waals surface area (Å²) in [5, 5.41) is 14.0. The monoisotopic (exact) mass is 453 g/mol. The number of pyridine rings is 1. The Morgan fingerprint density at radius 2 is 2.03 bits per heavy atom. The number of nitrogens with one attached hydrogen (secondary N) is 2. The molecule has 0 spiro atoms. The van der Waals surface area contributed by atoms with Gasteiger partial charge in [0.1, 0.15) is 5.56 Å². The van der Waals surface area contributed by atoms with Crippen molar-refractivity contribution in [3.8, 4) is 0 Å². The van der Waals surface area contributed by atoms with E-state index in [0.717, 1.165) is 23.1 Å². The van der Waals surface area contributed by atoms with E-state index in [0.29, 0.717) is 30.8 Å². The maximum Gasteiger partial charge on any atom is 0.263 e. The van der Waals surface area contributed by atoms with Crippen LogP contribution < -0.4 is 16.2 Å². The topological polar surface area (TPSA) is 100 Å². The summed E-state index contributed by atoms with van der Waals surface area (Å²) in [7, 11) is 3.38. The number of hydrogen-bond acceptors (Lipinski definition) is 5. The number of aliphatic hydroxyl groups is 1. The average Bonchev–Trinajstić information content (AvgIpc) is 3.59. The van der Waals surface area contributed by atoms with Crippen LogP contribution in [-0.4, -0.2) is 48.6 Å². The van der Waals surface area contributed by atoms with Crippen LogP contribution in [0.15, 0.2) is 41.3 Å². The van der Waals surface area contributed by atoms with Gasteiger partial charge in [-0.15, -0.1) is 0 Å². The van der Waals surface area contributed by atoms with E-state index in [2.05, 4.69) is 36.6 Å². The van der Waals surface area contributed by atoms with Crippen LogP contribution in [0.25, 0.3) is 6.08 Å². The first-order valence-corrected chi connectivity index (χ1v) is 11.2. The lowest BCUT2D eigenvalue weighted by atomic mass is 10.00. The summed E-state index contributed by atoms with van der Waals surface area (Å²) >= 11 is 0. The van der Waals surface area contributed by atoms with E-state index in [1.807, 2.05) is 32.2 Å². The number of aliphatic hydroxyl groups excluding tert-OH is 1. The molecule has 33 heavy (non-hydrogen) atoms. The maximum atomic E-state index is 12.7. The SMILES string of the molecule is CNC(=O)c1cc(C=O)cn(Cc2cccc(C)c2/C=C\C(C)C)c1=O.CNC1C[C@@H]1CO. The fourth-order valence-corrected chi connectivity index (χ4v) is 3.53. The molecule has 0 radical (unpaired) electrons. The average molecular weight is 454 g/mol. The quantitative estimate of drug-likeness (QED) is 0.534. The molecule has 3 rings (SSSR count). The van der Waals surface area contributed by atoms with E-state index in [-0.39, 0.29) is 17.7 Å². The number of carbonyl (C=O) groups is 2. The number of aldehydes is 1. The van der Waals surface area contributed by atoms with Crippen LogP contribution in [0.2, 0.25) is 0 Å². The molecule has 1 aromatic carbocycles. The van der Waals surface area contributed by atoms with Gasteiger partial charge in [-0.2, -0.15) is 0 Å². The molecular weight excluding hydrogens is 418 g/mol. The first-order valence-electron chi connectivity index (χ1n) is 11.2. The number of aryl methyl sites for hydroxylation is 1. The molecule has 0 bridgehead atoms. The Bertz CT molecular complexity index is 1050. The highest BCUT2D eigenvalue weighted by molar-refractivity contribution is 5.95. The fourth-order valence-electron chi connectivity index (χ4n) is 3.53. The predicted molar refractivity (Wildman–Crippen MR) is 132 cm³/mol. The standard InChI is InChI=1S/C21H24N2O3.C5H11NO/c1-14(2)8-9-18-15(3)6-5-7-17(18)12-23-11-16(13-24)10-19(21(23)26)20(25)22-4;1-6-5-2-4(5)3-7/h5-11,13-14H,12H2,1-4H3,(H,22,25);4-7H,2-3H2,1H3/b9-8-;/t;4-,5?/m.1/s1. The number of rotatable bonds is 8. The highest BCUT2D eigenvalue weighted by atomic mass is 16.3. The van der Waals surface area contributed by atoms with Crippen LogP contribution in [0.3, 0.4) is 0 Å². The van der Waals surface area contributed by atoms with Crippen LogP contribution in [-0.2, 0) is 6.54 Å². The molecule has 1 heterocycles. The molecule has 1 amide bonds. The first-order chi connectivity index (χ1) is 15.7. The van der Waals surface area contributed by atoms with Gasteiger partial charge >= 0.3 is 0 Å². The molecule has 3 N–H and O–H groups in total. The van der Waals surface area contributed by atoms with Gasteiger partial charge in [0, 0.05) is 31.5 Å². The summed E-state index contributed by atoms with van der Waals surface area (Å²) in [5.41, 5.74) is 2.93. The lowest BCUT2D eigenvalue weighted by molar-refractivity contribution is 0.0961. The third-order valence-electron chi connectivity index (χ3n) is 5.65. The van der Waals surface area contributed by atoms with Gasteiger partial charge < -0.3 is 20.3 Å². The van der Waals surface area contributed by atoms with E-state index in [1.165, 1.54) is 23.9 Å². The molecule has 1 unspecified atom stereocenters. The Balaban J connectivity index is 0.000000468. The highest BCUT2D eigenvalue weighted by Gasteiger charge is 2.34. The normalized spacial score (nSPS) is 16.9. The number of amides is 1. The van der Waals surface area contributed by atoms with Crippen LogP contribution in [0.5, 0.6) is 0 Å². The number of aromatic nitrogens is 1. The summed E-state index contributed by atoms with van der Waals surface area (Å²) in [6.45, 7) is 6.85. The number of carbonyl (C=O) groups excluding carboxylic acids is 2. The van der Waals surface area contributed by atoms with Gasteiger partial charge in [-0.05, 0) is 55.0 Å². The lowest BCUT2D eigenvalue weighted by Gasteiger charge is -2.13. The molecule has 1 aliphatic rings. The Labute approximate surface area is 195 Å². The van der Waals surface area contributed by atoms with E-state index in [1.54, 1.807) is 0 Å². The van der Waals surface area contributed by atoms with Crippen LogP contribution in [0, 0.1) is 18.8 Å². The summed E-state index contributed by atoms with van der Waals surface area (Å²) in [6, 6.07) is 7.84. The smallest absolute Gasteiger partial charge is 0.263 e. The van der Waals surface area contributed by atoms with Crippen molar-refractivity contribution in [2.24, 2.45) is 11.8 Å². The fraction of sp³-hybridized carbons (Fsp3) is 0.423. The van der Waals surface area contributed by atoms with Crippen molar-refractivity contribution in [2.75, 3.05) is 20.7 Å². The number of nitrogens with zero attached hydrogens (tertiary/aromatic N) is 1. The van der Waals surface area contributed by atoms with Crippen molar-refractivity contribution in [1.29, 1.82) is 0 Å². The summed E-state index contributed by atoms with van der Waals surface area (Å²) in [5.74, 6) is 0.463. The molecule has 0 aliphatic heterocycles. The van der Waals surface area contributed by atoms with E-state index in [4.69, 9.17) is 5.11 Å². The van der Waals surface area contributed by atoms with Gasteiger partial charge in [0.25, 0.3) is 11.5 Å². The minimum absolute atomic E-state index is 0.0379. The van der Waals surface area contributed by atoms with Crippen molar-refractivity contribution < 1.29 is 14.7 Å². The number of benzene rings is 1.